The second-order valence-electron chi connectivity index (χ2n) is 3.89. The molecule has 0 bridgehead atoms. The van der Waals surface area contributed by atoms with E-state index in [1.807, 2.05) is 0 Å². The highest BCUT2D eigenvalue weighted by Crippen LogP contribution is 2.25. The highest BCUT2D eigenvalue weighted by Gasteiger charge is 2.18. The van der Waals surface area contributed by atoms with Gasteiger partial charge in [0, 0.05) is 11.6 Å². The summed E-state index contributed by atoms with van der Waals surface area (Å²) in [5.41, 5.74) is 3.20. The average Bonchev–Trinajstić information content (AvgIpc) is 2.43. The van der Waals surface area contributed by atoms with E-state index in [2.05, 4.69) is 10.4 Å². The topological polar surface area (TPSA) is 60.2 Å². The maximum atomic E-state index is 14.0. The van der Waals surface area contributed by atoms with Gasteiger partial charge >= 0.3 is 0 Å². The summed E-state index contributed by atoms with van der Waals surface area (Å²) in [5, 5.41) is 0. The summed E-state index contributed by atoms with van der Waals surface area (Å²) < 4.78 is 31.7. The normalized spacial score (nSPS) is 12.2. The fraction of sp³-hybridized carbons (Fsp3) is 0.154. The molecule has 19 heavy (non-hydrogen) atoms. The molecule has 1 heterocycles. The van der Waals surface area contributed by atoms with Crippen LogP contribution in [0.4, 0.5) is 8.78 Å². The number of nitrogens with two attached hydrogens (primary N) is 1. The number of hydrogen-bond acceptors (Lipinski definition) is 4. The van der Waals surface area contributed by atoms with Crippen LogP contribution in [-0.2, 0) is 0 Å². The molecule has 1 aromatic carbocycles. The van der Waals surface area contributed by atoms with E-state index < -0.39 is 17.7 Å². The number of nitrogens with zero attached hydrogens (tertiary/aromatic N) is 1. The minimum atomic E-state index is -0.661. The molecule has 3 N–H and O–H groups in total. The Morgan fingerprint density at radius 3 is 2.58 bits per heavy atom. The van der Waals surface area contributed by atoms with Crippen molar-refractivity contribution in [3.63, 3.8) is 0 Å². The highest BCUT2D eigenvalue weighted by molar-refractivity contribution is 5.34. The Hall–Kier alpha value is -2.05. The lowest BCUT2D eigenvalue weighted by Gasteiger charge is -2.17. The molecule has 0 fully saturated rings. The van der Waals surface area contributed by atoms with Crippen LogP contribution in [0.5, 0.6) is 5.75 Å². The number of pyridine rings is 1. The van der Waals surface area contributed by atoms with Gasteiger partial charge in [-0.2, -0.15) is 0 Å². The van der Waals surface area contributed by atoms with Crippen LogP contribution >= 0.6 is 0 Å². The van der Waals surface area contributed by atoms with Crippen LogP contribution in [0.25, 0.3) is 0 Å². The molecular weight excluding hydrogens is 252 g/mol. The minimum absolute atomic E-state index is 0.308. The van der Waals surface area contributed by atoms with Crippen LogP contribution in [0.1, 0.15) is 17.3 Å². The van der Waals surface area contributed by atoms with Gasteiger partial charge in [-0.05, 0) is 18.2 Å². The Kier molecular flexibility index (Phi) is 4.03. The summed E-state index contributed by atoms with van der Waals surface area (Å²) in [6.07, 6.45) is 1.06. The predicted octanol–water partition coefficient (Wildman–Crippen LogP) is 1.92. The van der Waals surface area contributed by atoms with Gasteiger partial charge in [0.2, 0.25) is 0 Å². The van der Waals surface area contributed by atoms with Crippen LogP contribution in [0, 0.1) is 11.6 Å². The first kappa shape index (κ1) is 13.4. The van der Waals surface area contributed by atoms with Gasteiger partial charge in [0.15, 0.2) is 0 Å². The first-order chi connectivity index (χ1) is 9.15. The van der Waals surface area contributed by atoms with Crippen molar-refractivity contribution in [3.05, 3.63) is 59.4 Å². The third-order valence-corrected chi connectivity index (χ3v) is 2.73. The predicted molar refractivity (Wildman–Crippen MR) is 66.3 cm³/mol. The van der Waals surface area contributed by atoms with Gasteiger partial charge in [-0.3, -0.25) is 10.8 Å². The molecule has 6 heteroatoms. The zero-order valence-electron chi connectivity index (χ0n) is 10.2. The van der Waals surface area contributed by atoms with Crippen molar-refractivity contribution in [2.24, 2.45) is 5.84 Å². The minimum Gasteiger partial charge on any atom is -0.497 e. The largest absolute Gasteiger partial charge is 0.497 e. The smallest absolute Gasteiger partial charge is 0.141 e. The number of halogens is 2. The molecule has 0 saturated heterocycles. The second kappa shape index (κ2) is 5.73. The van der Waals surface area contributed by atoms with E-state index >= 15 is 0 Å². The standard InChI is InChI=1S/C13H13F2N3O/c1-19-9-3-4-10(11(15)6-9)13(18-16)12-5-2-8(14)7-17-12/h2-7,13,18H,16H2,1H3. The molecule has 1 atom stereocenters. The van der Waals surface area contributed by atoms with Crippen molar-refractivity contribution < 1.29 is 13.5 Å². The van der Waals surface area contributed by atoms with E-state index in [-0.39, 0.29) is 0 Å². The average molecular weight is 265 g/mol. The first-order valence-corrected chi connectivity index (χ1v) is 5.56. The third-order valence-electron chi connectivity index (χ3n) is 2.73. The Morgan fingerprint density at radius 2 is 2.05 bits per heavy atom. The van der Waals surface area contributed by atoms with E-state index in [1.54, 1.807) is 12.1 Å². The van der Waals surface area contributed by atoms with Crippen LogP contribution in [0.15, 0.2) is 36.5 Å². The molecule has 1 unspecified atom stereocenters. The van der Waals surface area contributed by atoms with Gasteiger partial charge in [-0.25, -0.2) is 14.2 Å². The number of ether oxygens (including phenoxy) is 1. The summed E-state index contributed by atoms with van der Waals surface area (Å²) in [6.45, 7) is 0. The van der Waals surface area contributed by atoms with Crippen molar-refractivity contribution in [1.82, 2.24) is 10.4 Å². The molecule has 2 rings (SSSR count). The molecule has 2 aromatic rings. The van der Waals surface area contributed by atoms with E-state index in [1.165, 1.54) is 25.3 Å². The highest BCUT2D eigenvalue weighted by atomic mass is 19.1. The number of hydrazine groups is 1. The van der Waals surface area contributed by atoms with E-state index in [9.17, 15) is 8.78 Å². The number of nitrogens with one attached hydrogen (secondary N) is 1. The lowest BCUT2D eigenvalue weighted by atomic mass is 10.0. The molecule has 1 aromatic heterocycles. The molecule has 0 radical (unpaired) electrons. The van der Waals surface area contributed by atoms with Gasteiger partial charge in [0.1, 0.15) is 17.4 Å². The maximum Gasteiger partial charge on any atom is 0.141 e. The van der Waals surface area contributed by atoms with Crippen molar-refractivity contribution in [3.8, 4) is 5.75 Å². The van der Waals surface area contributed by atoms with Crippen molar-refractivity contribution in [2.45, 2.75) is 6.04 Å². The molecule has 4 nitrogen and oxygen atoms in total. The maximum absolute atomic E-state index is 14.0. The fourth-order valence-electron chi connectivity index (χ4n) is 1.76. The van der Waals surface area contributed by atoms with E-state index in [0.29, 0.717) is 17.0 Å². The quantitative estimate of drug-likeness (QED) is 0.655. The van der Waals surface area contributed by atoms with E-state index in [4.69, 9.17) is 10.6 Å². The van der Waals surface area contributed by atoms with Crippen LogP contribution in [0.3, 0.4) is 0 Å². The monoisotopic (exact) mass is 265 g/mol. The lowest BCUT2D eigenvalue weighted by Crippen LogP contribution is -2.30. The van der Waals surface area contributed by atoms with Crippen molar-refractivity contribution in [2.75, 3.05) is 7.11 Å². The Morgan fingerprint density at radius 1 is 1.26 bits per heavy atom. The number of methoxy groups -OCH3 is 1. The van der Waals surface area contributed by atoms with E-state index in [0.717, 1.165) is 6.20 Å². The molecule has 0 aliphatic heterocycles. The molecular formula is C13H13F2N3O. The Balaban J connectivity index is 2.39. The fourth-order valence-corrected chi connectivity index (χ4v) is 1.76. The number of hydrogen-bond donors (Lipinski definition) is 2. The molecule has 0 saturated carbocycles. The number of rotatable bonds is 4. The SMILES string of the molecule is COc1ccc(C(NN)c2ccc(F)cn2)c(F)c1. The molecule has 0 spiro atoms. The van der Waals surface area contributed by atoms with Crippen LogP contribution in [-0.4, -0.2) is 12.1 Å². The second-order valence-corrected chi connectivity index (χ2v) is 3.89. The molecule has 0 aliphatic rings. The van der Waals surface area contributed by atoms with Gasteiger partial charge in [-0.15, -0.1) is 0 Å². The zero-order chi connectivity index (χ0) is 13.8. The van der Waals surface area contributed by atoms with Crippen molar-refractivity contribution >= 4 is 0 Å². The molecule has 0 amide bonds. The van der Waals surface area contributed by atoms with Crippen LogP contribution < -0.4 is 16.0 Å². The third kappa shape index (κ3) is 2.86. The molecule has 100 valence electrons. The molecule has 0 aliphatic carbocycles. The first-order valence-electron chi connectivity index (χ1n) is 5.56. The lowest BCUT2D eigenvalue weighted by molar-refractivity contribution is 0.410. The van der Waals surface area contributed by atoms with Gasteiger partial charge in [-0.1, -0.05) is 6.07 Å². The van der Waals surface area contributed by atoms with Gasteiger partial charge in [0.05, 0.1) is 25.0 Å². The van der Waals surface area contributed by atoms with Gasteiger partial charge < -0.3 is 4.74 Å². The van der Waals surface area contributed by atoms with Gasteiger partial charge in [0.25, 0.3) is 0 Å². The summed E-state index contributed by atoms with van der Waals surface area (Å²) in [4.78, 5) is 3.89. The Bertz CT molecular complexity index is 560. The number of aromatic nitrogens is 1. The Labute approximate surface area is 109 Å². The zero-order valence-corrected chi connectivity index (χ0v) is 10.2. The van der Waals surface area contributed by atoms with Crippen molar-refractivity contribution in [1.29, 1.82) is 0 Å². The summed E-state index contributed by atoms with van der Waals surface area (Å²) in [6, 6.07) is 6.45. The summed E-state index contributed by atoms with van der Waals surface area (Å²) >= 11 is 0. The summed E-state index contributed by atoms with van der Waals surface area (Å²) in [5.74, 6) is 4.90. The van der Waals surface area contributed by atoms with Crippen LogP contribution in [0.2, 0.25) is 0 Å². The summed E-state index contributed by atoms with van der Waals surface area (Å²) in [7, 11) is 1.45. The number of benzene rings is 1.